The highest BCUT2D eigenvalue weighted by Crippen LogP contribution is 2.17. The summed E-state index contributed by atoms with van der Waals surface area (Å²) in [6.07, 6.45) is 3.02. The van der Waals surface area contributed by atoms with Gasteiger partial charge in [-0.2, -0.15) is 11.8 Å². The standard InChI is InChI=1S/C10H21N5S/c1-4-12-10-14-13-9(15(10)5-2)8(11)6-7-16-3/h8H,4-7,11H2,1-3H3,(H,12,14)/t8-/m0/s1. The molecule has 1 heterocycles. The van der Waals surface area contributed by atoms with Crippen LogP contribution in [-0.2, 0) is 6.54 Å². The van der Waals surface area contributed by atoms with E-state index in [1.165, 1.54) is 0 Å². The van der Waals surface area contributed by atoms with E-state index in [4.69, 9.17) is 5.73 Å². The molecule has 92 valence electrons. The fourth-order valence-electron chi connectivity index (χ4n) is 1.56. The van der Waals surface area contributed by atoms with E-state index in [0.29, 0.717) is 0 Å². The molecule has 0 amide bonds. The second kappa shape index (κ2) is 6.75. The van der Waals surface area contributed by atoms with E-state index in [9.17, 15) is 0 Å². The highest BCUT2D eigenvalue weighted by molar-refractivity contribution is 7.98. The molecule has 1 aromatic heterocycles. The summed E-state index contributed by atoms with van der Waals surface area (Å²) in [5, 5.41) is 11.5. The van der Waals surface area contributed by atoms with Gasteiger partial charge in [-0.15, -0.1) is 10.2 Å². The van der Waals surface area contributed by atoms with Crippen LogP contribution in [0.15, 0.2) is 0 Å². The number of aromatic nitrogens is 3. The summed E-state index contributed by atoms with van der Waals surface area (Å²) >= 11 is 1.80. The van der Waals surface area contributed by atoms with Gasteiger partial charge in [0.25, 0.3) is 0 Å². The molecule has 0 bridgehead atoms. The van der Waals surface area contributed by atoms with E-state index in [0.717, 1.165) is 37.0 Å². The lowest BCUT2D eigenvalue weighted by molar-refractivity contribution is 0.593. The monoisotopic (exact) mass is 243 g/mol. The fourth-order valence-corrected chi connectivity index (χ4v) is 2.05. The lowest BCUT2D eigenvalue weighted by Crippen LogP contribution is -2.18. The predicted octanol–water partition coefficient (Wildman–Crippen LogP) is 1.48. The van der Waals surface area contributed by atoms with E-state index in [1.54, 1.807) is 11.8 Å². The van der Waals surface area contributed by atoms with Crippen molar-refractivity contribution in [1.82, 2.24) is 14.8 Å². The van der Waals surface area contributed by atoms with Crippen LogP contribution in [0.2, 0.25) is 0 Å². The molecule has 0 aliphatic heterocycles. The van der Waals surface area contributed by atoms with Crippen LogP contribution < -0.4 is 11.1 Å². The molecule has 3 N–H and O–H groups in total. The molecule has 0 aliphatic carbocycles. The maximum absolute atomic E-state index is 6.10. The first-order valence-corrected chi connectivity index (χ1v) is 7.05. The molecule has 0 saturated carbocycles. The van der Waals surface area contributed by atoms with Gasteiger partial charge in [-0.05, 0) is 32.3 Å². The average molecular weight is 243 g/mol. The topological polar surface area (TPSA) is 68.8 Å². The summed E-state index contributed by atoms with van der Waals surface area (Å²) in [4.78, 5) is 0. The minimum absolute atomic E-state index is 0.0210. The first-order chi connectivity index (χ1) is 7.74. The van der Waals surface area contributed by atoms with Gasteiger partial charge in [0.05, 0.1) is 6.04 Å². The number of rotatable bonds is 7. The Morgan fingerprint density at radius 1 is 1.44 bits per heavy atom. The molecule has 0 fully saturated rings. The van der Waals surface area contributed by atoms with Crippen LogP contribution in [0.3, 0.4) is 0 Å². The molecule has 0 saturated heterocycles. The largest absolute Gasteiger partial charge is 0.355 e. The number of hydrogen-bond donors (Lipinski definition) is 2. The lowest BCUT2D eigenvalue weighted by Gasteiger charge is -2.12. The Hall–Kier alpha value is -0.750. The summed E-state index contributed by atoms with van der Waals surface area (Å²) in [6, 6.07) is -0.0210. The van der Waals surface area contributed by atoms with Crippen LogP contribution in [0.4, 0.5) is 5.95 Å². The van der Waals surface area contributed by atoms with Crippen molar-refractivity contribution in [2.45, 2.75) is 32.9 Å². The zero-order chi connectivity index (χ0) is 12.0. The Kier molecular flexibility index (Phi) is 5.62. The first-order valence-electron chi connectivity index (χ1n) is 5.66. The summed E-state index contributed by atoms with van der Waals surface area (Å²) in [5.41, 5.74) is 6.10. The van der Waals surface area contributed by atoms with Crippen LogP contribution in [0.1, 0.15) is 32.1 Å². The Morgan fingerprint density at radius 2 is 2.19 bits per heavy atom. The molecular weight excluding hydrogens is 222 g/mol. The van der Waals surface area contributed by atoms with Gasteiger partial charge < -0.3 is 11.1 Å². The minimum Gasteiger partial charge on any atom is -0.355 e. The molecular formula is C10H21N5S. The van der Waals surface area contributed by atoms with Crippen molar-refractivity contribution in [2.24, 2.45) is 5.73 Å². The van der Waals surface area contributed by atoms with Gasteiger partial charge in [0.15, 0.2) is 5.82 Å². The predicted molar refractivity (Wildman–Crippen MR) is 69.8 cm³/mol. The third-order valence-electron chi connectivity index (χ3n) is 2.40. The number of nitrogens with one attached hydrogen (secondary N) is 1. The van der Waals surface area contributed by atoms with Gasteiger partial charge >= 0.3 is 0 Å². The SMILES string of the molecule is CCNc1nnc([C@@H](N)CCSC)n1CC. The van der Waals surface area contributed by atoms with E-state index >= 15 is 0 Å². The summed E-state index contributed by atoms with van der Waals surface area (Å²) < 4.78 is 2.05. The zero-order valence-electron chi connectivity index (χ0n) is 10.2. The molecule has 0 radical (unpaired) electrons. The van der Waals surface area contributed by atoms with Gasteiger partial charge in [-0.25, -0.2) is 0 Å². The van der Waals surface area contributed by atoms with E-state index in [1.807, 2.05) is 6.92 Å². The molecule has 0 unspecified atom stereocenters. The van der Waals surface area contributed by atoms with Crippen LogP contribution in [-0.4, -0.2) is 33.3 Å². The van der Waals surface area contributed by atoms with Crippen molar-refractivity contribution in [1.29, 1.82) is 0 Å². The van der Waals surface area contributed by atoms with Crippen molar-refractivity contribution >= 4 is 17.7 Å². The number of hydrogen-bond acceptors (Lipinski definition) is 5. The van der Waals surface area contributed by atoms with Crippen LogP contribution in [0.25, 0.3) is 0 Å². The second-order valence-electron chi connectivity index (χ2n) is 3.54. The fraction of sp³-hybridized carbons (Fsp3) is 0.800. The van der Waals surface area contributed by atoms with E-state index in [-0.39, 0.29) is 6.04 Å². The van der Waals surface area contributed by atoms with Crippen LogP contribution in [0.5, 0.6) is 0 Å². The number of nitrogens with zero attached hydrogens (tertiary/aromatic N) is 3. The van der Waals surface area contributed by atoms with Gasteiger partial charge in [-0.3, -0.25) is 4.57 Å². The number of thioether (sulfide) groups is 1. The van der Waals surface area contributed by atoms with Crippen LogP contribution >= 0.6 is 11.8 Å². The molecule has 16 heavy (non-hydrogen) atoms. The molecule has 6 heteroatoms. The maximum atomic E-state index is 6.10. The van der Waals surface area contributed by atoms with Gasteiger partial charge in [0, 0.05) is 13.1 Å². The Balaban J connectivity index is 2.78. The molecule has 5 nitrogen and oxygen atoms in total. The first kappa shape index (κ1) is 13.3. The van der Waals surface area contributed by atoms with Gasteiger partial charge in [0.1, 0.15) is 0 Å². The van der Waals surface area contributed by atoms with E-state index < -0.39 is 0 Å². The lowest BCUT2D eigenvalue weighted by atomic mass is 10.2. The molecule has 0 aliphatic rings. The third kappa shape index (κ3) is 3.12. The van der Waals surface area contributed by atoms with Crippen molar-refractivity contribution in [2.75, 3.05) is 23.9 Å². The Bertz CT molecular complexity index is 312. The third-order valence-corrected chi connectivity index (χ3v) is 3.04. The highest BCUT2D eigenvalue weighted by Gasteiger charge is 2.16. The molecule has 1 atom stereocenters. The average Bonchev–Trinajstić information content (AvgIpc) is 2.69. The van der Waals surface area contributed by atoms with Crippen molar-refractivity contribution in [3.8, 4) is 0 Å². The Morgan fingerprint density at radius 3 is 2.75 bits per heavy atom. The quantitative estimate of drug-likeness (QED) is 0.759. The highest BCUT2D eigenvalue weighted by atomic mass is 32.2. The second-order valence-corrected chi connectivity index (χ2v) is 4.53. The number of anilines is 1. The smallest absolute Gasteiger partial charge is 0.224 e. The molecule has 1 aromatic rings. The van der Waals surface area contributed by atoms with Crippen molar-refractivity contribution in [3.05, 3.63) is 5.82 Å². The summed E-state index contributed by atoms with van der Waals surface area (Å²) in [7, 11) is 0. The Labute approximate surface area is 101 Å². The minimum atomic E-state index is -0.0210. The van der Waals surface area contributed by atoms with Crippen LogP contribution in [0, 0.1) is 0 Å². The zero-order valence-corrected chi connectivity index (χ0v) is 11.0. The molecule has 0 aromatic carbocycles. The number of nitrogens with two attached hydrogens (primary N) is 1. The van der Waals surface area contributed by atoms with Gasteiger partial charge in [0.2, 0.25) is 5.95 Å². The molecule has 1 rings (SSSR count). The summed E-state index contributed by atoms with van der Waals surface area (Å²) in [5.74, 6) is 2.75. The van der Waals surface area contributed by atoms with Crippen molar-refractivity contribution in [3.63, 3.8) is 0 Å². The van der Waals surface area contributed by atoms with E-state index in [2.05, 4.69) is 33.3 Å². The van der Waals surface area contributed by atoms with Crippen molar-refractivity contribution < 1.29 is 0 Å². The molecule has 0 spiro atoms. The maximum Gasteiger partial charge on any atom is 0.224 e. The van der Waals surface area contributed by atoms with Gasteiger partial charge in [-0.1, -0.05) is 0 Å². The normalized spacial score (nSPS) is 12.8. The summed E-state index contributed by atoms with van der Waals surface area (Å²) in [6.45, 7) is 5.81.